The third-order valence-electron chi connectivity index (χ3n) is 4.89. The highest BCUT2D eigenvalue weighted by Crippen LogP contribution is 2.09. The lowest BCUT2D eigenvalue weighted by atomic mass is 10.1. The van der Waals surface area contributed by atoms with Crippen molar-refractivity contribution in [1.82, 2.24) is 20.4 Å². The van der Waals surface area contributed by atoms with Crippen LogP contribution in [0.2, 0.25) is 0 Å². The van der Waals surface area contributed by atoms with Crippen LogP contribution >= 0.6 is 0 Å². The van der Waals surface area contributed by atoms with Crippen LogP contribution in [0.1, 0.15) is 17.5 Å². The molecule has 2 N–H and O–H groups in total. The lowest BCUT2D eigenvalue weighted by molar-refractivity contribution is 0.0342. The molecule has 0 radical (unpaired) electrons. The van der Waals surface area contributed by atoms with Crippen LogP contribution in [0.4, 0.5) is 0 Å². The van der Waals surface area contributed by atoms with Crippen LogP contribution in [-0.4, -0.2) is 89.5 Å². The lowest BCUT2D eigenvalue weighted by Crippen LogP contribution is -2.40. The molecule has 0 aliphatic carbocycles. The molecule has 1 aliphatic heterocycles. The topological polar surface area (TPSA) is 61.4 Å². The van der Waals surface area contributed by atoms with Gasteiger partial charge in [0, 0.05) is 66.6 Å². The first-order valence-electron chi connectivity index (χ1n) is 10.2. The second kappa shape index (κ2) is 13.5. The molecule has 1 heterocycles. The average Bonchev–Trinajstić information content (AvgIpc) is 2.72. The molecule has 1 aromatic carbocycles. The summed E-state index contributed by atoms with van der Waals surface area (Å²) in [5.74, 6) is 0.836. The normalized spacial score (nSPS) is 15.8. The average molecular weight is 392 g/mol. The van der Waals surface area contributed by atoms with Gasteiger partial charge in [0.25, 0.3) is 0 Å². The number of benzene rings is 1. The first-order chi connectivity index (χ1) is 13.7. The van der Waals surface area contributed by atoms with Crippen LogP contribution in [0.25, 0.3) is 0 Å². The molecule has 0 saturated carbocycles. The summed E-state index contributed by atoms with van der Waals surface area (Å²) in [6.45, 7) is 9.18. The van der Waals surface area contributed by atoms with Crippen molar-refractivity contribution in [1.29, 1.82) is 0 Å². The van der Waals surface area contributed by atoms with Gasteiger partial charge in [0.05, 0.1) is 13.2 Å². The standard InChI is InChI=1S/C21H37N5O2/c1-22-21(23-9-11-25(2)10-4-14-27-3)24-17-19-5-7-20(8-6-19)18-26-12-15-28-16-13-26/h5-8H,4,9-18H2,1-3H3,(H2,22,23,24). The van der Waals surface area contributed by atoms with E-state index in [1.54, 1.807) is 7.11 Å². The number of hydrogen-bond donors (Lipinski definition) is 2. The lowest BCUT2D eigenvalue weighted by Gasteiger charge is -2.26. The van der Waals surface area contributed by atoms with Crippen molar-refractivity contribution in [2.75, 3.05) is 73.7 Å². The molecule has 7 nitrogen and oxygen atoms in total. The summed E-state index contributed by atoms with van der Waals surface area (Å²) in [6, 6.07) is 8.83. The first kappa shape index (κ1) is 22.6. The summed E-state index contributed by atoms with van der Waals surface area (Å²) in [6.07, 6.45) is 1.06. The molecule has 1 saturated heterocycles. The Hall–Kier alpha value is -1.67. The number of methoxy groups -OCH3 is 1. The van der Waals surface area contributed by atoms with Crippen molar-refractivity contribution in [2.24, 2.45) is 4.99 Å². The van der Waals surface area contributed by atoms with E-state index in [1.165, 1.54) is 11.1 Å². The van der Waals surface area contributed by atoms with Gasteiger partial charge in [-0.05, 0) is 24.6 Å². The highest BCUT2D eigenvalue weighted by atomic mass is 16.5. The number of guanidine groups is 1. The molecular weight excluding hydrogens is 354 g/mol. The molecule has 158 valence electrons. The van der Waals surface area contributed by atoms with Crippen LogP contribution in [0.3, 0.4) is 0 Å². The van der Waals surface area contributed by atoms with Crippen molar-refractivity contribution < 1.29 is 9.47 Å². The zero-order chi connectivity index (χ0) is 20.0. The highest BCUT2D eigenvalue weighted by Gasteiger charge is 2.10. The van der Waals surface area contributed by atoms with E-state index in [2.05, 4.69) is 56.7 Å². The van der Waals surface area contributed by atoms with E-state index in [1.807, 2.05) is 7.05 Å². The van der Waals surface area contributed by atoms with Gasteiger partial charge in [-0.2, -0.15) is 0 Å². The summed E-state index contributed by atoms with van der Waals surface area (Å²) in [7, 11) is 5.68. The minimum absolute atomic E-state index is 0.765. The Morgan fingerprint density at radius 2 is 1.86 bits per heavy atom. The third kappa shape index (κ3) is 9.01. The number of hydrogen-bond acceptors (Lipinski definition) is 5. The van der Waals surface area contributed by atoms with E-state index < -0.39 is 0 Å². The van der Waals surface area contributed by atoms with Crippen molar-refractivity contribution in [3.63, 3.8) is 0 Å². The molecule has 1 fully saturated rings. The van der Waals surface area contributed by atoms with Gasteiger partial charge >= 0.3 is 0 Å². The van der Waals surface area contributed by atoms with E-state index in [0.717, 1.165) is 78.0 Å². The van der Waals surface area contributed by atoms with Crippen LogP contribution in [0.15, 0.2) is 29.3 Å². The monoisotopic (exact) mass is 391 g/mol. The summed E-state index contributed by atoms with van der Waals surface area (Å²) >= 11 is 0. The zero-order valence-electron chi connectivity index (χ0n) is 17.7. The molecule has 0 spiro atoms. The molecule has 2 rings (SSSR count). The van der Waals surface area contributed by atoms with E-state index in [-0.39, 0.29) is 0 Å². The second-order valence-electron chi connectivity index (χ2n) is 7.21. The van der Waals surface area contributed by atoms with Gasteiger partial charge in [-0.15, -0.1) is 0 Å². The molecule has 0 unspecified atom stereocenters. The van der Waals surface area contributed by atoms with Gasteiger partial charge in [0.2, 0.25) is 0 Å². The smallest absolute Gasteiger partial charge is 0.191 e. The Kier molecular flexibility index (Phi) is 10.9. The summed E-state index contributed by atoms with van der Waals surface area (Å²) in [5.41, 5.74) is 2.61. The minimum Gasteiger partial charge on any atom is -0.385 e. The van der Waals surface area contributed by atoms with Gasteiger partial charge in [-0.25, -0.2) is 0 Å². The summed E-state index contributed by atoms with van der Waals surface area (Å²) in [4.78, 5) is 9.05. The maximum absolute atomic E-state index is 5.41. The van der Waals surface area contributed by atoms with Crippen molar-refractivity contribution in [3.05, 3.63) is 35.4 Å². The largest absolute Gasteiger partial charge is 0.385 e. The predicted molar refractivity (Wildman–Crippen MR) is 115 cm³/mol. The Labute approximate surface area is 170 Å². The van der Waals surface area contributed by atoms with Crippen molar-refractivity contribution in [2.45, 2.75) is 19.5 Å². The van der Waals surface area contributed by atoms with E-state index in [9.17, 15) is 0 Å². The Balaban J connectivity index is 1.65. The van der Waals surface area contributed by atoms with Crippen LogP contribution in [0, 0.1) is 0 Å². The molecular formula is C21H37N5O2. The summed E-state index contributed by atoms with van der Waals surface area (Å²) < 4.78 is 10.5. The number of aliphatic imine (C=N–C) groups is 1. The summed E-state index contributed by atoms with van der Waals surface area (Å²) in [5, 5.41) is 6.76. The Morgan fingerprint density at radius 1 is 1.14 bits per heavy atom. The number of morpholine rings is 1. The first-order valence-corrected chi connectivity index (χ1v) is 10.2. The van der Waals surface area contributed by atoms with Gasteiger partial charge in [-0.1, -0.05) is 24.3 Å². The highest BCUT2D eigenvalue weighted by molar-refractivity contribution is 5.79. The number of rotatable bonds is 11. The zero-order valence-corrected chi connectivity index (χ0v) is 17.7. The molecule has 1 aliphatic rings. The molecule has 1 aromatic rings. The van der Waals surface area contributed by atoms with Crippen molar-refractivity contribution in [3.8, 4) is 0 Å². The predicted octanol–water partition coefficient (Wildman–Crippen LogP) is 1.15. The van der Waals surface area contributed by atoms with E-state index in [4.69, 9.17) is 9.47 Å². The Morgan fingerprint density at radius 3 is 2.54 bits per heavy atom. The minimum atomic E-state index is 0.765. The number of likely N-dealkylation sites (N-methyl/N-ethyl adjacent to an activating group) is 1. The maximum Gasteiger partial charge on any atom is 0.191 e. The fraction of sp³-hybridized carbons (Fsp3) is 0.667. The van der Waals surface area contributed by atoms with Gasteiger partial charge < -0.3 is 25.0 Å². The van der Waals surface area contributed by atoms with Gasteiger partial charge in [0.1, 0.15) is 0 Å². The van der Waals surface area contributed by atoms with Gasteiger partial charge in [0.15, 0.2) is 5.96 Å². The van der Waals surface area contributed by atoms with Crippen LogP contribution in [0.5, 0.6) is 0 Å². The van der Waals surface area contributed by atoms with E-state index >= 15 is 0 Å². The fourth-order valence-electron chi connectivity index (χ4n) is 3.14. The molecule has 0 bridgehead atoms. The second-order valence-corrected chi connectivity index (χ2v) is 7.21. The molecule has 0 aromatic heterocycles. The molecule has 7 heteroatoms. The number of nitrogens with one attached hydrogen (secondary N) is 2. The van der Waals surface area contributed by atoms with Crippen molar-refractivity contribution >= 4 is 5.96 Å². The maximum atomic E-state index is 5.41. The van der Waals surface area contributed by atoms with E-state index in [0.29, 0.717) is 0 Å². The molecule has 0 atom stereocenters. The number of nitrogens with zero attached hydrogens (tertiary/aromatic N) is 3. The molecule has 28 heavy (non-hydrogen) atoms. The molecule has 0 amide bonds. The quantitative estimate of drug-likeness (QED) is 0.335. The fourth-order valence-corrected chi connectivity index (χ4v) is 3.14. The Bertz CT molecular complexity index is 558. The van der Waals surface area contributed by atoms with Gasteiger partial charge in [-0.3, -0.25) is 9.89 Å². The van der Waals surface area contributed by atoms with Crippen LogP contribution < -0.4 is 10.6 Å². The SMILES string of the molecule is CN=C(NCCN(C)CCCOC)NCc1ccc(CN2CCOCC2)cc1. The van der Waals surface area contributed by atoms with Crippen LogP contribution in [-0.2, 0) is 22.6 Å². The number of ether oxygens (including phenoxy) is 2. The third-order valence-corrected chi connectivity index (χ3v) is 4.89.